The smallest absolute Gasteiger partial charge is 0.0820 e. The van der Waals surface area contributed by atoms with E-state index in [2.05, 4.69) is 24.3 Å². The Kier molecular flexibility index (Phi) is 5.25. The zero-order valence-corrected chi connectivity index (χ0v) is 12.8. The molecule has 1 aliphatic rings. The highest BCUT2D eigenvalue weighted by Gasteiger charge is 2.35. The summed E-state index contributed by atoms with van der Waals surface area (Å²) in [6.07, 6.45) is 4.25. The van der Waals surface area contributed by atoms with E-state index < -0.39 is 0 Å². The predicted octanol–water partition coefficient (Wildman–Crippen LogP) is 2.67. The fourth-order valence-corrected chi connectivity index (χ4v) is 2.94. The number of hydrogen-bond acceptors (Lipinski definition) is 3. The lowest BCUT2D eigenvalue weighted by atomic mass is 9.71. The minimum atomic E-state index is 0.537. The summed E-state index contributed by atoms with van der Waals surface area (Å²) in [5.41, 5.74) is 1.19. The van der Waals surface area contributed by atoms with E-state index >= 15 is 0 Å². The molecule has 1 heterocycles. The number of nitrogens with one attached hydrogen (secondary N) is 1. The number of rotatable bonds is 7. The molecule has 0 saturated heterocycles. The first kappa shape index (κ1) is 14.8. The molecular formula is C14H24ClN3O. The van der Waals surface area contributed by atoms with E-state index in [4.69, 9.17) is 16.3 Å². The number of methoxy groups -OCH3 is 1. The molecule has 1 aromatic rings. The lowest BCUT2D eigenvalue weighted by Gasteiger charge is -2.38. The Bertz CT molecular complexity index is 405. The fraction of sp³-hybridized carbons (Fsp3) is 0.786. The first-order valence-electron chi connectivity index (χ1n) is 7.07. The predicted molar refractivity (Wildman–Crippen MR) is 77.7 cm³/mol. The SMILES string of the molecule is COCCn1ncc(Cl)c1C1CCC1CNC(C)C. The van der Waals surface area contributed by atoms with Crippen molar-refractivity contribution >= 4 is 11.6 Å². The van der Waals surface area contributed by atoms with Crippen molar-refractivity contribution in [2.45, 2.75) is 45.2 Å². The van der Waals surface area contributed by atoms with Gasteiger partial charge in [-0.3, -0.25) is 4.68 Å². The Labute approximate surface area is 120 Å². The molecule has 0 aromatic carbocycles. The molecule has 4 nitrogen and oxygen atoms in total. The van der Waals surface area contributed by atoms with Crippen LogP contribution in [0, 0.1) is 5.92 Å². The summed E-state index contributed by atoms with van der Waals surface area (Å²) in [7, 11) is 1.71. The zero-order chi connectivity index (χ0) is 13.8. The van der Waals surface area contributed by atoms with Gasteiger partial charge in [0.15, 0.2) is 0 Å². The van der Waals surface area contributed by atoms with Crippen LogP contribution in [0.15, 0.2) is 6.20 Å². The molecule has 0 spiro atoms. The van der Waals surface area contributed by atoms with Crippen LogP contribution in [0.5, 0.6) is 0 Å². The minimum absolute atomic E-state index is 0.537. The molecule has 5 heteroatoms. The summed E-state index contributed by atoms with van der Waals surface area (Å²) in [4.78, 5) is 0. The van der Waals surface area contributed by atoms with Crippen LogP contribution < -0.4 is 5.32 Å². The van der Waals surface area contributed by atoms with E-state index in [1.165, 1.54) is 18.5 Å². The molecule has 1 saturated carbocycles. The largest absolute Gasteiger partial charge is 0.383 e. The van der Waals surface area contributed by atoms with Gasteiger partial charge in [-0.05, 0) is 25.3 Å². The third-order valence-corrected chi connectivity index (χ3v) is 4.19. The Morgan fingerprint density at radius 2 is 2.32 bits per heavy atom. The molecule has 2 unspecified atom stereocenters. The van der Waals surface area contributed by atoms with Gasteiger partial charge < -0.3 is 10.1 Å². The van der Waals surface area contributed by atoms with E-state index in [0.717, 1.165) is 18.1 Å². The molecule has 108 valence electrons. The Morgan fingerprint density at radius 3 is 2.89 bits per heavy atom. The van der Waals surface area contributed by atoms with Crippen molar-refractivity contribution in [2.75, 3.05) is 20.3 Å². The van der Waals surface area contributed by atoms with Crippen molar-refractivity contribution in [2.24, 2.45) is 5.92 Å². The molecule has 1 aromatic heterocycles. The molecule has 1 aliphatic carbocycles. The van der Waals surface area contributed by atoms with Crippen LogP contribution in [0.25, 0.3) is 0 Å². The van der Waals surface area contributed by atoms with Crippen molar-refractivity contribution in [1.82, 2.24) is 15.1 Å². The van der Waals surface area contributed by atoms with Gasteiger partial charge in [-0.15, -0.1) is 0 Å². The lowest BCUT2D eigenvalue weighted by Crippen LogP contribution is -2.37. The number of halogens is 1. The van der Waals surface area contributed by atoms with Crippen LogP contribution in [-0.2, 0) is 11.3 Å². The van der Waals surface area contributed by atoms with Crippen molar-refractivity contribution in [3.05, 3.63) is 16.9 Å². The normalized spacial score (nSPS) is 22.8. The third kappa shape index (κ3) is 3.50. The summed E-state index contributed by atoms with van der Waals surface area (Å²) >= 11 is 6.31. The molecule has 2 rings (SSSR count). The van der Waals surface area contributed by atoms with Gasteiger partial charge in [0.25, 0.3) is 0 Å². The van der Waals surface area contributed by atoms with Gasteiger partial charge in [-0.25, -0.2) is 0 Å². The number of hydrogen-bond donors (Lipinski definition) is 1. The van der Waals surface area contributed by atoms with Gasteiger partial charge in [0, 0.05) is 19.1 Å². The topological polar surface area (TPSA) is 39.1 Å². The number of ether oxygens (including phenoxy) is 1. The monoisotopic (exact) mass is 285 g/mol. The highest BCUT2D eigenvalue weighted by molar-refractivity contribution is 6.31. The number of nitrogens with zero attached hydrogens (tertiary/aromatic N) is 2. The molecule has 0 aliphatic heterocycles. The van der Waals surface area contributed by atoms with Crippen molar-refractivity contribution in [3.8, 4) is 0 Å². The van der Waals surface area contributed by atoms with Gasteiger partial charge in [0.2, 0.25) is 0 Å². The van der Waals surface area contributed by atoms with Crippen LogP contribution in [0.1, 0.15) is 38.3 Å². The first-order chi connectivity index (χ1) is 9.13. The summed E-state index contributed by atoms with van der Waals surface area (Å²) < 4.78 is 7.14. The highest BCUT2D eigenvalue weighted by Crippen LogP contribution is 2.44. The maximum Gasteiger partial charge on any atom is 0.0820 e. The Balaban J connectivity index is 2.02. The van der Waals surface area contributed by atoms with Crippen molar-refractivity contribution in [1.29, 1.82) is 0 Å². The second kappa shape index (κ2) is 6.73. The second-order valence-electron chi connectivity index (χ2n) is 5.60. The summed E-state index contributed by atoms with van der Waals surface area (Å²) in [5.74, 6) is 1.22. The lowest BCUT2D eigenvalue weighted by molar-refractivity contribution is 0.176. The maximum atomic E-state index is 6.31. The standard InChI is InChI=1S/C14H24ClN3O/c1-10(2)16-8-11-4-5-12(11)14-13(15)9-17-18(14)6-7-19-3/h9-12,16H,4-8H2,1-3H3. The average Bonchev–Trinajstić information content (AvgIpc) is 2.67. The van der Waals surface area contributed by atoms with Gasteiger partial charge in [-0.1, -0.05) is 25.4 Å². The van der Waals surface area contributed by atoms with Crippen LogP contribution in [0.3, 0.4) is 0 Å². The molecule has 19 heavy (non-hydrogen) atoms. The Hall–Kier alpha value is -0.580. The average molecular weight is 286 g/mol. The number of aromatic nitrogens is 2. The highest BCUT2D eigenvalue weighted by atomic mass is 35.5. The second-order valence-corrected chi connectivity index (χ2v) is 6.01. The fourth-order valence-electron chi connectivity index (χ4n) is 2.66. The quantitative estimate of drug-likeness (QED) is 0.837. The molecular weight excluding hydrogens is 262 g/mol. The molecule has 2 atom stereocenters. The van der Waals surface area contributed by atoms with Crippen molar-refractivity contribution in [3.63, 3.8) is 0 Å². The van der Waals surface area contributed by atoms with Gasteiger partial charge in [0.05, 0.1) is 30.1 Å². The van der Waals surface area contributed by atoms with Crippen molar-refractivity contribution < 1.29 is 4.74 Å². The molecule has 0 bridgehead atoms. The zero-order valence-electron chi connectivity index (χ0n) is 12.0. The van der Waals surface area contributed by atoms with Crippen LogP contribution >= 0.6 is 11.6 Å². The van der Waals surface area contributed by atoms with Crippen LogP contribution in [-0.4, -0.2) is 36.1 Å². The van der Waals surface area contributed by atoms with E-state index in [-0.39, 0.29) is 0 Å². The van der Waals surface area contributed by atoms with Crippen LogP contribution in [0.2, 0.25) is 5.02 Å². The van der Waals surface area contributed by atoms with Gasteiger partial charge in [0.1, 0.15) is 0 Å². The Morgan fingerprint density at radius 1 is 1.53 bits per heavy atom. The van der Waals surface area contributed by atoms with E-state index in [1.807, 2.05) is 4.68 Å². The first-order valence-corrected chi connectivity index (χ1v) is 7.44. The molecule has 1 N–H and O–H groups in total. The molecule has 0 radical (unpaired) electrons. The maximum absolute atomic E-state index is 6.31. The van der Waals surface area contributed by atoms with E-state index in [0.29, 0.717) is 24.5 Å². The van der Waals surface area contributed by atoms with Gasteiger partial charge >= 0.3 is 0 Å². The third-order valence-electron chi connectivity index (χ3n) is 3.90. The summed E-state index contributed by atoms with van der Waals surface area (Å²) in [5, 5.41) is 8.70. The molecule has 1 fully saturated rings. The summed E-state index contributed by atoms with van der Waals surface area (Å²) in [6.45, 7) is 6.88. The molecule has 0 amide bonds. The summed E-state index contributed by atoms with van der Waals surface area (Å²) in [6, 6.07) is 0.537. The minimum Gasteiger partial charge on any atom is -0.383 e. The van der Waals surface area contributed by atoms with E-state index in [9.17, 15) is 0 Å². The van der Waals surface area contributed by atoms with Gasteiger partial charge in [-0.2, -0.15) is 5.10 Å². The van der Waals surface area contributed by atoms with Crippen LogP contribution in [0.4, 0.5) is 0 Å². The van der Waals surface area contributed by atoms with E-state index in [1.54, 1.807) is 13.3 Å².